The summed E-state index contributed by atoms with van der Waals surface area (Å²) < 4.78 is 33.9. The number of thiazole rings is 1. The smallest absolute Gasteiger partial charge is 0.338 e. The Morgan fingerprint density at radius 3 is 2.52 bits per heavy atom. The Balaban J connectivity index is 1.61. The summed E-state index contributed by atoms with van der Waals surface area (Å²) in [5.74, 6) is 0.341. The number of fused-ring (bicyclic) bond motifs is 1. The van der Waals surface area contributed by atoms with E-state index in [1.54, 1.807) is 41.8 Å². The Bertz CT molecular complexity index is 1960. The number of hydrogen-bond acceptors (Lipinski definition) is 7. The van der Waals surface area contributed by atoms with Crippen molar-refractivity contribution in [3.63, 3.8) is 0 Å². The molecular weight excluding hydrogens is 671 g/mol. The third-order valence-electron chi connectivity index (χ3n) is 7.69. The Hall–Kier alpha value is -4.02. The maximum atomic E-state index is 14.2. The zero-order chi connectivity index (χ0) is 33.0. The van der Waals surface area contributed by atoms with E-state index < -0.39 is 12.0 Å². The maximum absolute atomic E-state index is 14.2. The molecule has 3 aromatic carbocycles. The lowest BCUT2D eigenvalue weighted by Crippen LogP contribution is -2.40. The molecule has 0 radical (unpaired) electrons. The van der Waals surface area contributed by atoms with Crippen molar-refractivity contribution in [2.75, 3.05) is 13.7 Å². The topological polar surface area (TPSA) is 79.1 Å². The van der Waals surface area contributed by atoms with Crippen molar-refractivity contribution in [2.45, 2.75) is 59.1 Å². The lowest BCUT2D eigenvalue weighted by Gasteiger charge is -2.26. The highest BCUT2D eigenvalue weighted by molar-refractivity contribution is 9.10. The van der Waals surface area contributed by atoms with Gasteiger partial charge in [-0.05, 0) is 76.2 Å². The third kappa shape index (κ3) is 6.88. The average Bonchev–Trinajstić information content (AvgIpc) is 3.34. The summed E-state index contributed by atoms with van der Waals surface area (Å²) in [5.41, 5.74) is 3.82. The molecule has 1 aliphatic rings. The van der Waals surface area contributed by atoms with Crippen LogP contribution in [0.4, 0.5) is 4.39 Å². The van der Waals surface area contributed by atoms with E-state index in [1.807, 2.05) is 37.3 Å². The summed E-state index contributed by atoms with van der Waals surface area (Å²) in [5, 5.41) is 0. The molecule has 1 aliphatic heterocycles. The van der Waals surface area contributed by atoms with Crippen LogP contribution in [0.2, 0.25) is 0 Å². The number of rotatable bonds is 11. The van der Waals surface area contributed by atoms with Crippen LogP contribution in [-0.4, -0.2) is 24.3 Å². The number of esters is 1. The van der Waals surface area contributed by atoms with Crippen molar-refractivity contribution >= 4 is 39.3 Å². The van der Waals surface area contributed by atoms with E-state index in [-0.39, 0.29) is 24.6 Å². The monoisotopic (exact) mass is 706 g/mol. The number of aromatic nitrogens is 1. The lowest BCUT2D eigenvalue weighted by molar-refractivity contribution is -0.139. The van der Waals surface area contributed by atoms with Gasteiger partial charge in [0.2, 0.25) is 0 Å². The van der Waals surface area contributed by atoms with Gasteiger partial charge in [0.15, 0.2) is 16.3 Å². The van der Waals surface area contributed by atoms with Gasteiger partial charge in [-0.3, -0.25) is 9.36 Å². The largest absolute Gasteiger partial charge is 0.493 e. The minimum Gasteiger partial charge on any atom is -0.493 e. The van der Waals surface area contributed by atoms with Gasteiger partial charge in [0.05, 0.1) is 40.0 Å². The molecule has 10 heteroatoms. The van der Waals surface area contributed by atoms with Gasteiger partial charge in [-0.2, -0.15) is 0 Å². The Morgan fingerprint density at radius 1 is 1.13 bits per heavy atom. The quantitative estimate of drug-likeness (QED) is 0.154. The van der Waals surface area contributed by atoms with Gasteiger partial charge in [-0.15, -0.1) is 0 Å². The standard InChI is InChI=1S/C36H36BrFN2O5S/c1-6-10-28-31(35(42)44-7-2)32(24-15-13-23(14-16-24)21(3)4)40-34(41)30(46-36(40)39-28)19-22-17-26(37)33(29(18-22)43-5)45-20-25-11-8-9-12-27(25)38/h8-9,11-19,21,32H,6-7,10,20H2,1-5H3/b30-19-/t32-/m1/s1. The maximum Gasteiger partial charge on any atom is 0.338 e. The van der Waals surface area contributed by atoms with Crippen LogP contribution in [0.15, 0.2) is 86.2 Å². The van der Waals surface area contributed by atoms with Gasteiger partial charge >= 0.3 is 5.97 Å². The van der Waals surface area contributed by atoms with Crippen molar-refractivity contribution in [1.82, 2.24) is 4.57 Å². The van der Waals surface area contributed by atoms with Crippen molar-refractivity contribution in [2.24, 2.45) is 4.99 Å². The number of hydrogen-bond donors (Lipinski definition) is 0. The van der Waals surface area contributed by atoms with Crippen molar-refractivity contribution < 1.29 is 23.4 Å². The molecule has 0 saturated heterocycles. The van der Waals surface area contributed by atoms with Crippen LogP contribution in [0.1, 0.15) is 74.8 Å². The van der Waals surface area contributed by atoms with Gasteiger partial charge in [-0.1, -0.05) is 81.0 Å². The van der Waals surface area contributed by atoms with E-state index >= 15 is 0 Å². The summed E-state index contributed by atoms with van der Waals surface area (Å²) in [6.45, 7) is 8.26. The minimum absolute atomic E-state index is 0.0145. The zero-order valence-corrected chi connectivity index (χ0v) is 28.8. The van der Waals surface area contributed by atoms with Crippen LogP contribution in [0.25, 0.3) is 6.08 Å². The SMILES string of the molecule is CCCC1=C(C(=O)OCC)[C@@H](c2ccc(C(C)C)cc2)n2c(s/c(=C\c3cc(Br)c(OCc4ccccc4F)c(OC)c3)c2=O)=N1. The molecule has 46 heavy (non-hydrogen) atoms. The lowest BCUT2D eigenvalue weighted by atomic mass is 9.92. The summed E-state index contributed by atoms with van der Waals surface area (Å²) in [6.07, 6.45) is 3.11. The molecule has 1 atom stereocenters. The van der Waals surface area contributed by atoms with E-state index in [0.717, 1.165) is 17.5 Å². The van der Waals surface area contributed by atoms with Crippen LogP contribution in [-0.2, 0) is 16.1 Å². The first-order valence-corrected chi connectivity index (χ1v) is 16.8. The second-order valence-electron chi connectivity index (χ2n) is 11.1. The Morgan fingerprint density at radius 2 is 1.87 bits per heavy atom. The molecule has 0 aliphatic carbocycles. The molecule has 0 fully saturated rings. The molecule has 0 bridgehead atoms. The molecule has 4 aromatic rings. The minimum atomic E-state index is -0.685. The fourth-order valence-corrected chi connectivity index (χ4v) is 6.97. The van der Waals surface area contributed by atoms with Crippen molar-refractivity contribution in [3.05, 3.63) is 124 Å². The van der Waals surface area contributed by atoms with E-state index in [0.29, 0.717) is 60.0 Å². The molecule has 1 aromatic heterocycles. The highest BCUT2D eigenvalue weighted by atomic mass is 79.9. The average molecular weight is 708 g/mol. The van der Waals surface area contributed by atoms with Crippen molar-refractivity contribution in [3.8, 4) is 11.5 Å². The second-order valence-corrected chi connectivity index (χ2v) is 13.0. The van der Waals surface area contributed by atoms with Gasteiger partial charge in [0, 0.05) is 5.56 Å². The molecule has 7 nitrogen and oxygen atoms in total. The number of nitrogens with zero attached hydrogens (tertiary/aromatic N) is 2. The van der Waals surface area contributed by atoms with Gasteiger partial charge in [0.1, 0.15) is 12.4 Å². The first-order chi connectivity index (χ1) is 22.2. The number of benzene rings is 3. The van der Waals surface area contributed by atoms with Crippen LogP contribution >= 0.6 is 27.3 Å². The molecule has 0 saturated carbocycles. The third-order valence-corrected chi connectivity index (χ3v) is 9.26. The van der Waals surface area contributed by atoms with Gasteiger partial charge in [-0.25, -0.2) is 14.2 Å². The van der Waals surface area contributed by atoms with Gasteiger partial charge < -0.3 is 14.2 Å². The molecule has 0 N–H and O–H groups in total. The molecule has 0 unspecified atom stereocenters. The molecule has 0 amide bonds. The van der Waals surface area contributed by atoms with Crippen LogP contribution in [0.3, 0.4) is 0 Å². The summed E-state index contributed by atoms with van der Waals surface area (Å²) in [4.78, 5) is 33.0. The predicted molar refractivity (Wildman–Crippen MR) is 182 cm³/mol. The zero-order valence-electron chi connectivity index (χ0n) is 26.4. The van der Waals surface area contributed by atoms with Crippen LogP contribution in [0.5, 0.6) is 11.5 Å². The normalized spacial score (nSPS) is 14.7. The first-order valence-electron chi connectivity index (χ1n) is 15.2. The van der Waals surface area contributed by atoms with Crippen molar-refractivity contribution in [1.29, 1.82) is 0 Å². The van der Waals surface area contributed by atoms with E-state index in [2.05, 4.69) is 29.8 Å². The Labute approximate surface area is 279 Å². The predicted octanol–water partition coefficient (Wildman–Crippen LogP) is 7.19. The fraction of sp³-hybridized carbons (Fsp3) is 0.306. The number of carbonyl (C=O) groups is 1. The van der Waals surface area contributed by atoms with Crippen LogP contribution in [0, 0.1) is 5.82 Å². The summed E-state index contributed by atoms with van der Waals surface area (Å²) in [7, 11) is 1.52. The highest BCUT2D eigenvalue weighted by Gasteiger charge is 2.34. The molecule has 5 rings (SSSR count). The summed E-state index contributed by atoms with van der Waals surface area (Å²) in [6, 6.07) is 17.3. The molecule has 0 spiro atoms. The van der Waals surface area contributed by atoms with E-state index in [9.17, 15) is 14.0 Å². The molecule has 240 valence electrons. The highest BCUT2D eigenvalue weighted by Crippen LogP contribution is 2.38. The number of carbonyl (C=O) groups excluding carboxylic acids is 1. The van der Waals surface area contributed by atoms with E-state index in [4.69, 9.17) is 19.2 Å². The number of allylic oxidation sites excluding steroid dienone is 1. The number of halogens is 2. The van der Waals surface area contributed by atoms with Crippen LogP contribution < -0.4 is 24.4 Å². The number of ether oxygens (including phenoxy) is 3. The molecule has 2 heterocycles. The molecular formula is C36H36BrFN2O5S. The fourth-order valence-electron chi connectivity index (χ4n) is 5.38. The number of methoxy groups -OCH3 is 1. The Kier molecular flexibility index (Phi) is 10.6. The second kappa shape index (κ2) is 14.6. The summed E-state index contributed by atoms with van der Waals surface area (Å²) >= 11 is 4.83. The first kappa shape index (κ1) is 33.3. The van der Waals surface area contributed by atoms with E-state index in [1.165, 1.54) is 24.5 Å². The van der Waals surface area contributed by atoms with Gasteiger partial charge in [0.25, 0.3) is 5.56 Å².